The fourth-order valence-corrected chi connectivity index (χ4v) is 3.55. The quantitative estimate of drug-likeness (QED) is 0.250. The molecule has 0 radical (unpaired) electrons. The number of hydrogen-bond donors (Lipinski definition) is 1. The van der Waals surface area contributed by atoms with Gasteiger partial charge in [-0.05, 0) is 97.1 Å². The molecule has 0 saturated carbocycles. The van der Waals surface area contributed by atoms with Crippen LogP contribution in [0, 0.1) is 0 Å². The molecule has 0 saturated heterocycles. The molecule has 6 nitrogen and oxygen atoms in total. The summed E-state index contributed by atoms with van der Waals surface area (Å²) in [7, 11) is 3.18. The van der Waals surface area contributed by atoms with Crippen LogP contribution in [0.3, 0.4) is 0 Å². The third kappa shape index (κ3) is 5.62. The third-order valence-corrected chi connectivity index (χ3v) is 5.52. The number of hydrogen-bond acceptors (Lipinski definition) is 5. The Morgan fingerprint density at radius 1 is 0.743 bits per heavy atom. The molecule has 0 unspecified atom stereocenters. The summed E-state index contributed by atoms with van der Waals surface area (Å²) in [6, 6.07) is 27.6. The van der Waals surface area contributed by atoms with Crippen molar-refractivity contribution in [1.29, 1.82) is 0 Å². The molecule has 1 N–H and O–H groups in total. The Bertz CT molecular complexity index is 1320. The highest BCUT2D eigenvalue weighted by Gasteiger charge is 2.25. The summed E-state index contributed by atoms with van der Waals surface area (Å²) in [6.07, 6.45) is 0. The van der Waals surface area contributed by atoms with Crippen LogP contribution in [0.4, 0.5) is 11.4 Å². The number of ether oxygens (including phenoxy) is 2. The van der Waals surface area contributed by atoms with Crippen molar-refractivity contribution in [3.63, 3.8) is 0 Å². The summed E-state index contributed by atoms with van der Waals surface area (Å²) in [5.74, 6) is 1.50. The molecule has 0 spiro atoms. The first-order valence-corrected chi connectivity index (χ1v) is 11.1. The van der Waals surface area contributed by atoms with Crippen molar-refractivity contribution < 1.29 is 19.4 Å². The zero-order valence-electron chi connectivity index (χ0n) is 19.2. The number of amides is 1. The van der Waals surface area contributed by atoms with Crippen molar-refractivity contribution in [2.45, 2.75) is 0 Å². The van der Waals surface area contributed by atoms with Gasteiger partial charge in [0.25, 0.3) is 5.91 Å². The SMILES string of the molecule is COc1ccc(N=C(c2ccc(Cl)cc2)N(C(=O)c2ccc(O)cc2)c2ccc(OC)cc2)cc1. The maximum atomic E-state index is 13.9. The fraction of sp³-hybridized carbons (Fsp3) is 0.0714. The van der Waals surface area contributed by atoms with Crippen molar-refractivity contribution in [3.05, 3.63) is 113 Å². The van der Waals surface area contributed by atoms with E-state index in [9.17, 15) is 9.90 Å². The van der Waals surface area contributed by atoms with Gasteiger partial charge in [0.2, 0.25) is 0 Å². The number of methoxy groups -OCH3 is 2. The smallest absolute Gasteiger partial charge is 0.264 e. The van der Waals surface area contributed by atoms with Gasteiger partial charge >= 0.3 is 0 Å². The van der Waals surface area contributed by atoms with E-state index in [2.05, 4.69) is 0 Å². The van der Waals surface area contributed by atoms with Gasteiger partial charge in [-0.25, -0.2) is 4.99 Å². The number of carbonyl (C=O) groups excluding carboxylic acids is 1. The highest BCUT2D eigenvalue weighted by Crippen LogP contribution is 2.27. The van der Waals surface area contributed by atoms with Gasteiger partial charge in [0.1, 0.15) is 23.1 Å². The van der Waals surface area contributed by atoms with Crippen LogP contribution in [-0.4, -0.2) is 31.1 Å². The van der Waals surface area contributed by atoms with Crippen LogP contribution in [0.5, 0.6) is 17.2 Å². The van der Waals surface area contributed by atoms with Crippen molar-refractivity contribution in [2.75, 3.05) is 19.1 Å². The average molecular weight is 487 g/mol. The number of aliphatic imine (C=N–C) groups is 1. The Hall–Kier alpha value is -4.29. The van der Waals surface area contributed by atoms with Crippen molar-refractivity contribution in [2.24, 2.45) is 4.99 Å². The summed E-state index contributed by atoms with van der Waals surface area (Å²) >= 11 is 6.14. The van der Waals surface area contributed by atoms with Gasteiger partial charge in [0.15, 0.2) is 0 Å². The van der Waals surface area contributed by atoms with E-state index in [0.29, 0.717) is 44.9 Å². The molecular formula is C28H23ClN2O4. The first-order valence-electron chi connectivity index (χ1n) is 10.7. The number of halogens is 1. The Morgan fingerprint density at radius 2 is 1.26 bits per heavy atom. The lowest BCUT2D eigenvalue weighted by atomic mass is 10.1. The standard InChI is InChI=1S/C28H23ClN2O4/c1-34-25-15-9-22(10-16-25)30-27(19-3-7-21(29)8-4-19)31(23-11-17-26(35-2)18-12-23)28(33)20-5-13-24(32)14-6-20/h3-18,32H,1-2H3. The van der Waals surface area contributed by atoms with Gasteiger partial charge in [-0.15, -0.1) is 0 Å². The van der Waals surface area contributed by atoms with Gasteiger partial charge in [0.05, 0.1) is 25.6 Å². The van der Waals surface area contributed by atoms with E-state index in [-0.39, 0.29) is 11.7 Å². The summed E-state index contributed by atoms with van der Waals surface area (Å²) in [5.41, 5.74) is 2.29. The Morgan fingerprint density at radius 3 is 1.80 bits per heavy atom. The van der Waals surface area contributed by atoms with Gasteiger partial charge in [0, 0.05) is 16.1 Å². The molecule has 4 aromatic rings. The maximum Gasteiger partial charge on any atom is 0.264 e. The number of benzene rings is 4. The summed E-state index contributed by atoms with van der Waals surface area (Å²) in [5, 5.41) is 10.3. The predicted octanol–water partition coefficient (Wildman–Crippen LogP) is 6.49. The zero-order valence-corrected chi connectivity index (χ0v) is 19.9. The number of aromatic hydroxyl groups is 1. The second kappa shape index (κ2) is 10.8. The van der Waals surface area contributed by atoms with E-state index in [1.807, 2.05) is 24.3 Å². The third-order valence-electron chi connectivity index (χ3n) is 5.27. The minimum Gasteiger partial charge on any atom is -0.508 e. The summed E-state index contributed by atoms with van der Waals surface area (Å²) in [6.45, 7) is 0. The molecule has 4 aromatic carbocycles. The van der Waals surface area contributed by atoms with Gasteiger partial charge in [-0.3, -0.25) is 9.69 Å². The molecule has 0 aliphatic heterocycles. The first-order chi connectivity index (χ1) is 17.0. The number of rotatable bonds is 6. The predicted molar refractivity (Wildman–Crippen MR) is 139 cm³/mol. The minimum absolute atomic E-state index is 0.0716. The van der Waals surface area contributed by atoms with Crippen LogP contribution < -0.4 is 14.4 Å². The van der Waals surface area contributed by atoms with Crippen LogP contribution in [-0.2, 0) is 0 Å². The summed E-state index contributed by atoms with van der Waals surface area (Å²) in [4.78, 5) is 20.3. The Labute approximate surface area is 208 Å². The van der Waals surface area contributed by atoms with E-state index in [1.54, 1.807) is 74.9 Å². The molecule has 1 amide bonds. The van der Waals surface area contributed by atoms with Crippen molar-refractivity contribution >= 4 is 34.7 Å². The van der Waals surface area contributed by atoms with E-state index in [4.69, 9.17) is 26.1 Å². The molecule has 0 heterocycles. The van der Waals surface area contributed by atoms with Gasteiger partial charge in [-0.1, -0.05) is 11.6 Å². The lowest BCUT2D eigenvalue weighted by Crippen LogP contribution is -2.37. The second-order valence-corrected chi connectivity index (χ2v) is 7.96. The summed E-state index contributed by atoms with van der Waals surface area (Å²) < 4.78 is 10.6. The molecule has 0 aliphatic rings. The Balaban J connectivity index is 1.91. The second-order valence-electron chi connectivity index (χ2n) is 7.53. The molecule has 4 rings (SSSR count). The van der Waals surface area contributed by atoms with E-state index in [0.717, 1.165) is 0 Å². The van der Waals surface area contributed by atoms with Crippen LogP contribution in [0.1, 0.15) is 15.9 Å². The van der Waals surface area contributed by atoms with Crippen LogP contribution in [0.25, 0.3) is 0 Å². The largest absolute Gasteiger partial charge is 0.508 e. The fourth-order valence-electron chi connectivity index (χ4n) is 3.42. The van der Waals surface area contributed by atoms with E-state index >= 15 is 0 Å². The highest BCUT2D eigenvalue weighted by atomic mass is 35.5. The van der Waals surface area contributed by atoms with Gasteiger partial charge in [-0.2, -0.15) is 0 Å². The lowest BCUT2D eigenvalue weighted by Gasteiger charge is -2.25. The molecule has 0 fully saturated rings. The molecule has 176 valence electrons. The number of anilines is 1. The maximum absolute atomic E-state index is 13.9. The van der Waals surface area contributed by atoms with Crippen LogP contribution in [0.15, 0.2) is 102 Å². The van der Waals surface area contributed by atoms with Crippen molar-refractivity contribution in [3.8, 4) is 17.2 Å². The molecule has 0 aliphatic carbocycles. The molecule has 0 atom stereocenters. The molecule has 7 heteroatoms. The first kappa shape index (κ1) is 23.9. The normalized spacial score (nSPS) is 11.1. The number of phenolic OH excluding ortho intramolecular Hbond substituents is 1. The lowest BCUT2D eigenvalue weighted by molar-refractivity contribution is 0.100. The van der Waals surface area contributed by atoms with Crippen molar-refractivity contribution in [1.82, 2.24) is 0 Å². The van der Waals surface area contributed by atoms with E-state index < -0.39 is 0 Å². The number of phenols is 1. The molecule has 0 bridgehead atoms. The van der Waals surface area contributed by atoms with E-state index in [1.165, 1.54) is 17.0 Å². The zero-order chi connectivity index (χ0) is 24.8. The molecule has 35 heavy (non-hydrogen) atoms. The number of carbonyl (C=O) groups is 1. The number of amidine groups is 1. The monoisotopic (exact) mass is 486 g/mol. The van der Waals surface area contributed by atoms with Crippen LogP contribution in [0.2, 0.25) is 5.02 Å². The average Bonchev–Trinajstić information content (AvgIpc) is 2.90. The molecule has 0 aromatic heterocycles. The van der Waals surface area contributed by atoms with Gasteiger partial charge < -0.3 is 14.6 Å². The highest BCUT2D eigenvalue weighted by molar-refractivity contribution is 6.31. The minimum atomic E-state index is -0.322. The molecular weight excluding hydrogens is 464 g/mol. The van der Waals surface area contributed by atoms with Crippen LogP contribution >= 0.6 is 11.6 Å². The Kier molecular flexibility index (Phi) is 7.33. The number of nitrogens with zero attached hydrogens (tertiary/aromatic N) is 2. The topological polar surface area (TPSA) is 71.4 Å².